The number of aliphatic imine (C=N–C) groups is 1. The van der Waals surface area contributed by atoms with Crippen molar-refractivity contribution in [1.82, 2.24) is 0 Å². The normalized spacial score (nSPS) is 21.5. The number of hydrogen-bond acceptors (Lipinski definition) is 4. The summed E-state index contributed by atoms with van der Waals surface area (Å²) in [5.41, 5.74) is 0.877. The van der Waals surface area contributed by atoms with Crippen LogP contribution < -0.4 is 0 Å². The highest BCUT2D eigenvalue weighted by Gasteiger charge is 2.31. The Hall–Kier alpha value is -1.36. The van der Waals surface area contributed by atoms with Gasteiger partial charge in [-0.05, 0) is 19.2 Å². The summed E-state index contributed by atoms with van der Waals surface area (Å²) in [5, 5.41) is 0. The van der Waals surface area contributed by atoms with Crippen LogP contribution in [0.1, 0.15) is 24.2 Å². The summed E-state index contributed by atoms with van der Waals surface area (Å²) in [7, 11) is 0. The molecule has 1 aliphatic heterocycles. The van der Waals surface area contributed by atoms with Gasteiger partial charge in [0.25, 0.3) is 0 Å². The Morgan fingerprint density at radius 1 is 1.61 bits per heavy atom. The van der Waals surface area contributed by atoms with Crippen LogP contribution >= 0.6 is 11.8 Å². The standard InChI is InChI=1S/C13H14FNO2S/c1-8(7-18-2)15-13-12-9(11(6-16)17-13)4-3-5-10(12)14/h3-6,8,11H,7H2,1-2H3. The van der Waals surface area contributed by atoms with Gasteiger partial charge in [0, 0.05) is 11.3 Å². The Kier molecular flexibility index (Phi) is 4.01. The summed E-state index contributed by atoms with van der Waals surface area (Å²) in [6, 6.07) is 4.64. The monoisotopic (exact) mass is 267 g/mol. The van der Waals surface area contributed by atoms with Crippen LogP contribution in [0.15, 0.2) is 23.2 Å². The molecule has 0 bridgehead atoms. The zero-order valence-corrected chi connectivity index (χ0v) is 11.0. The number of benzene rings is 1. The third-order valence-corrected chi connectivity index (χ3v) is 3.49. The maximum absolute atomic E-state index is 13.8. The molecule has 0 saturated heterocycles. The predicted octanol–water partition coefficient (Wildman–Crippen LogP) is 2.59. The van der Waals surface area contributed by atoms with Crippen molar-refractivity contribution in [2.75, 3.05) is 12.0 Å². The predicted molar refractivity (Wildman–Crippen MR) is 70.7 cm³/mol. The minimum Gasteiger partial charge on any atom is -0.461 e. The topological polar surface area (TPSA) is 38.7 Å². The smallest absolute Gasteiger partial charge is 0.220 e. The summed E-state index contributed by atoms with van der Waals surface area (Å²) in [5.74, 6) is 0.663. The summed E-state index contributed by atoms with van der Waals surface area (Å²) in [4.78, 5) is 15.3. The molecule has 0 saturated carbocycles. The van der Waals surface area contributed by atoms with Gasteiger partial charge in [0.1, 0.15) is 5.82 Å². The maximum atomic E-state index is 13.8. The first-order chi connectivity index (χ1) is 8.67. The molecule has 0 aliphatic carbocycles. The van der Waals surface area contributed by atoms with Crippen molar-refractivity contribution in [3.05, 3.63) is 35.1 Å². The van der Waals surface area contributed by atoms with E-state index in [9.17, 15) is 9.18 Å². The van der Waals surface area contributed by atoms with Crippen LogP contribution in [0.5, 0.6) is 0 Å². The molecule has 2 atom stereocenters. The Morgan fingerprint density at radius 2 is 2.39 bits per heavy atom. The molecule has 1 aromatic carbocycles. The van der Waals surface area contributed by atoms with E-state index in [4.69, 9.17) is 4.74 Å². The van der Waals surface area contributed by atoms with Crippen molar-refractivity contribution >= 4 is 23.9 Å². The minimum absolute atomic E-state index is 0.0212. The Balaban J connectivity index is 2.40. The van der Waals surface area contributed by atoms with Gasteiger partial charge in [0.05, 0.1) is 11.6 Å². The molecule has 0 spiro atoms. The van der Waals surface area contributed by atoms with Gasteiger partial charge in [-0.2, -0.15) is 11.8 Å². The van der Waals surface area contributed by atoms with Gasteiger partial charge < -0.3 is 4.74 Å². The Labute approximate surface area is 109 Å². The average Bonchev–Trinajstić information content (AvgIpc) is 2.69. The Morgan fingerprint density at radius 3 is 3.06 bits per heavy atom. The number of aldehydes is 1. The number of carbonyl (C=O) groups excluding carboxylic acids is 1. The average molecular weight is 267 g/mol. The van der Waals surface area contributed by atoms with Crippen molar-refractivity contribution < 1.29 is 13.9 Å². The van der Waals surface area contributed by atoms with Gasteiger partial charge in [-0.25, -0.2) is 9.38 Å². The molecule has 5 heteroatoms. The second-order valence-electron chi connectivity index (χ2n) is 4.12. The first-order valence-electron chi connectivity index (χ1n) is 5.64. The molecule has 0 N–H and O–H groups in total. The fourth-order valence-corrected chi connectivity index (χ4v) is 2.48. The van der Waals surface area contributed by atoms with E-state index in [2.05, 4.69) is 4.99 Å². The quantitative estimate of drug-likeness (QED) is 0.787. The molecule has 2 unspecified atom stereocenters. The SMILES string of the molecule is CSCC(C)N=C1OC(C=O)c2cccc(F)c21. The molecule has 2 rings (SSSR count). The van der Waals surface area contributed by atoms with Gasteiger partial charge in [0.2, 0.25) is 5.90 Å². The van der Waals surface area contributed by atoms with Crippen LogP contribution in [0.3, 0.4) is 0 Å². The van der Waals surface area contributed by atoms with E-state index in [1.54, 1.807) is 23.9 Å². The third-order valence-electron chi connectivity index (χ3n) is 2.67. The van der Waals surface area contributed by atoms with Crippen LogP contribution in [0.25, 0.3) is 0 Å². The van der Waals surface area contributed by atoms with E-state index < -0.39 is 11.9 Å². The van der Waals surface area contributed by atoms with Crippen LogP contribution in [-0.2, 0) is 9.53 Å². The van der Waals surface area contributed by atoms with Crippen LogP contribution in [0.4, 0.5) is 4.39 Å². The molecule has 18 heavy (non-hydrogen) atoms. The van der Waals surface area contributed by atoms with Gasteiger partial charge >= 0.3 is 0 Å². The molecule has 0 aromatic heterocycles. The van der Waals surface area contributed by atoms with E-state index >= 15 is 0 Å². The molecule has 0 amide bonds. The molecule has 1 heterocycles. The zero-order chi connectivity index (χ0) is 13.1. The highest BCUT2D eigenvalue weighted by atomic mass is 32.2. The summed E-state index contributed by atoms with van der Waals surface area (Å²) in [6.07, 6.45) is 1.91. The largest absolute Gasteiger partial charge is 0.461 e. The second-order valence-corrected chi connectivity index (χ2v) is 5.03. The zero-order valence-electron chi connectivity index (χ0n) is 10.2. The number of ether oxygens (including phenoxy) is 1. The number of halogens is 1. The summed E-state index contributed by atoms with van der Waals surface area (Å²) < 4.78 is 19.2. The fraction of sp³-hybridized carbons (Fsp3) is 0.385. The first kappa shape index (κ1) is 13.1. The molecule has 0 fully saturated rings. The fourth-order valence-electron chi connectivity index (χ4n) is 1.92. The van der Waals surface area contributed by atoms with Crippen molar-refractivity contribution in [3.63, 3.8) is 0 Å². The van der Waals surface area contributed by atoms with E-state index in [1.165, 1.54) is 6.07 Å². The highest BCUT2D eigenvalue weighted by Crippen LogP contribution is 2.31. The van der Waals surface area contributed by atoms with E-state index in [0.717, 1.165) is 5.75 Å². The lowest BCUT2D eigenvalue weighted by atomic mass is 10.1. The van der Waals surface area contributed by atoms with Crippen LogP contribution in [-0.4, -0.2) is 30.2 Å². The lowest BCUT2D eigenvalue weighted by molar-refractivity contribution is -0.113. The molecule has 1 aliphatic rings. The lowest BCUT2D eigenvalue weighted by Crippen LogP contribution is -2.10. The molecule has 3 nitrogen and oxygen atoms in total. The van der Waals surface area contributed by atoms with E-state index in [1.807, 2.05) is 13.2 Å². The van der Waals surface area contributed by atoms with E-state index in [0.29, 0.717) is 17.4 Å². The molecule has 0 radical (unpaired) electrons. The lowest BCUT2D eigenvalue weighted by Gasteiger charge is -2.07. The second kappa shape index (κ2) is 5.52. The first-order valence-corrected chi connectivity index (χ1v) is 7.04. The van der Waals surface area contributed by atoms with Crippen molar-refractivity contribution in [2.24, 2.45) is 4.99 Å². The third kappa shape index (κ3) is 2.41. The van der Waals surface area contributed by atoms with Crippen molar-refractivity contribution in [3.8, 4) is 0 Å². The number of nitrogens with zero attached hydrogens (tertiary/aromatic N) is 1. The summed E-state index contributed by atoms with van der Waals surface area (Å²) in [6.45, 7) is 1.93. The maximum Gasteiger partial charge on any atom is 0.220 e. The highest BCUT2D eigenvalue weighted by molar-refractivity contribution is 7.98. The molecular formula is C13H14FNO2S. The van der Waals surface area contributed by atoms with E-state index in [-0.39, 0.29) is 11.9 Å². The van der Waals surface area contributed by atoms with Crippen molar-refractivity contribution in [2.45, 2.75) is 19.1 Å². The van der Waals surface area contributed by atoms with Crippen molar-refractivity contribution in [1.29, 1.82) is 0 Å². The molecule has 1 aromatic rings. The van der Waals surface area contributed by atoms with Crippen LogP contribution in [0, 0.1) is 5.82 Å². The van der Waals surface area contributed by atoms with Gasteiger partial charge in [-0.15, -0.1) is 0 Å². The Bertz CT molecular complexity index is 490. The number of hydrogen-bond donors (Lipinski definition) is 0. The number of rotatable bonds is 4. The van der Waals surface area contributed by atoms with Gasteiger partial charge in [-0.3, -0.25) is 4.79 Å². The minimum atomic E-state index is -0.740. The number of thioether (sulfide) groups is 1. The number of carbonyl (C=O) groups is 1. The molecular weight excluding hydrogens is 253 g/mol. The summed E-state index contributed by atoms with van der Waals surface area (Å²) >= 11 is 1.66. The van der Waals surface area contributed by atoms with Gasteiger partial charge in [-0.1, -0.05) is 12.1 Å². The van der Waals surface area contributed by atoms with Crippen LogP contribution in [0.2, 0.25) is 0 Å². The van der Waals surface area contributed by atoms with Gasteiger partial charge in [0.15, 0.2) is 12.4 Å². The number of fused-ring (bicyclic) bond motifs is 1. The molecule has 96 valence electrons.